The van der Waals surface area contributed by atoms with Crippen LogP contribution in [-0.4, -0.2) is 11.4 Å². The van der Waals surface area contributed by atoms with Crippen LogP contribution in [0, 0.1) is 0 Å². The Labute approximate surface area is 202 Å². The molecule has 4 aromatic rings. The van der Waals surface area contributed by atoms with Crippen LogP contribution < -0.4 is 9.47 Å². The molecule has 5 rings (SSSR count). The van der Waals surface area contributed by atoms with Crippen molar-refractivity contribution >= 4 is 0 Å². The maximum absolute atomic E-state index is 6.34. The van der Waals surface area contributed by atoms with Gasteiger partial charge in [0.15, 0.2) is 11.5 Å². The third-order valence-corrected chi connectivity index (χ3v) is 6.57. The Kier molecular flexibility index (Phi) is 6.92. The molecular weight excluding hydrogens is 418 g/mol. The van der Waals surface area contributed by atoms with Crippen LogP contribution in [0.15, 0.2) is 103 Å². The average Bonchev–Trinajstić information content (AvgIpc) is 2.90. The Balaban J connectivity index is 1.40. The van der Waals surface area contributed by atoms with Crippen LogP contribution in [0.5, 0.6) is 11.5 Å². The van der Waals surface area contributed by atoms with E-state index in [0.717, 1.165) is 42.1 Å². The van der Waals surface area contributed by atoms with E-state index in [9.17, 15) is 0 Å². The van der Waals surface area contributed by atoms with Gasteiger partial charge in [0.05, 0.1) is 0 Å². The first kappa shape index (κ1) is 22.2. The first-order valence-electron chi connectivity index (χ1n) is 12.0. The monoisotopic (exact) mass is 449 g/mol. The molecule has 0 radical (unpaired) electrons. The average molecular weight is 450 g/mol. The van der Waals surface area contributed by atoms with Crippen molar-refractivity contribution in [1.82, 2.24) is 4.90 Å². The molecule has 34 heavy (non-hydrogen) atoms. The van der Waals surface area contributed by atoms with Gasteiger partial charge in [-0.3, -0.25) is 4.90 Å². The molecule has 0 aromatic heterocycles. The van der Waals surface area contributed by atoms with Gasteiger partial charge in [-0.25, -0.2) is 0 Å². The number of hydrogen-bond acceptors (Lipinski definition) is 3. The molecule has 0 aliphatic carbocycles. The Hall–Kier alpha value is -3.56. The van der Waals surface area contributed by atoms with Gasteiger partial charge in [0, 0.05) is 19.1 Å². The SMILES string of the molecule is CC1c2cc(OCc3ccccc3)c(OCc3ccccc3)cc2CCN1Cc1ccccc1. The molecular formula is C31H31NO2. The highest BCUT2D eigenvalue weighted by Crippen LogP contribution is 2.39. The quantitative estimate of drug-likeness (QED) is 0.290. The summed E-state index contributed by atoms with van der Waals surface area (Å²) in [5, 5.41) is 0. The van der Waals surface area contributed by atoms with E-state index < -0.39 is 0 Å². The Morgan fingerprint density at radius 2 is 1.18 bits per heavy atom. The fourth-order valence-corrected chi connectivity index (χ4v) is 4.61. The van der Waals surface area contributed by atoms with Gasteiger partial charge in [-0.2, -0.15) is 0 Å². The second-order valence-electron chi connectivity index (χ2n) is 8.93. The smallest absolute Gasteiger partial charge is 0.162 e. The summed E-state index contributed by atoms with van der Waals surface area (Å²) in [6.07, 6.45) is 1.01. The number of hydrogen-bond donors (Lipinski definition) is 0. The third kappa shape index (κ3) is 5.32. The Morgan fingerprint density at radius 1 is 0.676 bits per heavy atom. The number of ether oxygens (including phenoxy) is 2. The van der Waals surface area contributed by atoms with Gasteiger partial charge in [-0.1, -0.05) is 91.0 Å². The molecule has 0 amide bonds. The first-order chi connectivity index (χ1) is 16.8. The highest BCUT2D eigenvalue weighted by Gasteiger charge is 2.26. The fourth-order valence-electron chi connectivity index (χ4n) is 4.61. The summed E-state index contributed by atoms with van der Waals surface area (Å²) in [5.41, 5.74) is 6.33. The molecule has 0 saturated carbocycles. The van der Waals surface area contributed by atoms with Gasteiger partial charge in [-0.15, -0.1) is 0 Å². The molecule has 1 aliphatic rings. The van der Waals surface area contributed by atoms with Crippen molar-refractivity contribution in [1.29, 1.82) is 0 Å². The lowest BCUT2D eigenvalue weighted by Gasteiger charge is -2.36. The highest BCUT2D eigenvalue weighted by atomic mass is 16.5. The molecule has 0 bridgehead atoms. The molecule has 1 unspecified atom stereocenters. The van der Waals surface area contributed by atoms with E-state index >= 15 is 0 Å². The summed E-state index contributed by atoms with van der Waals surface area (Å²) in [6.45, 7) is 5.33. The molecule has 3 heteroatoms. The third-order valence-electron chi connectivity index (χ3n) is 6.57. The summed E-state index contributed by atoms with van der Waals surface area (Å²) in [4.78, 5) is 2.54. The van der Waals surface area contributed by atoms with Crippen LogP contribution in [-0.2, 0) is 26.2 Å². The lowest BCUT2D eigenvalue weighted by molar-refractivity contribution is 0.187. The van der Waals surface area contributed by atoms with E-state index in [-0.39, 0.29) is 0 Å². The van der Waals surface area contributed by atoms with E-state index in [1.165, 1.54) is 16.7 Å². The second kappa shape index (κ2) is 10.6. The molecule has 0 spiro atoms. The highest BCUT2D eigenvalue weighted by molar-refractivity contribution is 5.49. The van der Waals surface area contributed by atoms with Crippen LogP contribution in [0.2, 0.25) is 0 Å². The van der Waals surface area contributed by atoms with E-state index in [1.54, 1.807) is 0 Å². The molecule has 1 heterocycles. The van der Waals surface area contributed by atoms with Gasteiger partial charge in [0.25, 0.3) is 0 Å². The van der Waals surface area contributed by atoms with Gasteiger partial charge in [-0.05, 0) is 53.3 Å². The molecule has 1 aliphatic heterocycles. The first-order valence-corrected chi connectivity index (χ1v) is 12.0. The summed E-state index contributed by atoms with van der Waals surface area (Å²) in [7, 11) is 0. The number of nitrogens with zero attached hydrogens (tertiary/aromatic N) is 1. The molecule has 172 valence electrons. The summed E-state index contributed by atoms with van der Waals surface area (Å²) < 4.78 is 12.6. The molecule has 1 atom stereocenters. The van der Waals surface area contributed by atoms with E-state index in [2.05, 4.69) is 78.6 Å². The van der Waals surface area contributed by atoms with Crippen LogP contribution in [0.3, 0.4) is 0 Å². The van der Waals surface area contributed by atoms with Crippen molar-refractivity contribution in [2.45, 2.75) is 39.1 Å². The zero-order valence-electron chi connectivity index (χ0n) is 19.7. The lowest BCUT2D eigenvalue weighted by Crippen LogP contribution is -2.33. The van der Waals surface area contributed by atoms with Crippen LogP contribution in [0.4, 0.5) is 0 Å². The van der Waals surface area contributed by atoms with Crippen molar-refractivity contribution in [3.8, 4) is 11.5 Å². The predicted molar refractivity (Wildman–Crippen MR) is 137 cm³/mol. The van der Waals surface area contributed by atoms with Crippen LogP contribution in [0.25, 0.3) is 0 Å². The van der Waals surface area contributed by atoms with Crippen molar-refractivity contribution in [3.63, 3.8) is 0 Å². The second-order valence-corrected chi connectivity index (χ2v) is 8.93. The van der Waals surface area contributed by atoms with E-state index in [4.69, 9.17) is 9.47 Å². The number of rotatable bonds is 8. The van der Waals surface area contributed by atoms with Gasteiger partial charge in [0.1, 0.15) is 13.2 Å². The molecule has 4 aromatic carbocycles. The Morgan fingerprint density at radius 3 is 1.74 bits per heavy atom. The fraction of sp³-hybridized carbons (Fsp3) is 0.226. The molecule has 3 nitrogen and oxygen atoms in total. The molecule has 0 N–H and O–H groups in total. The van der Waals surface area contributed by atoms with Gasteiger partial charge >= 0.3 is 0 Å². The summed E-state index contributed by atoms with van der Waals surface area (Å²) in [6, 6.07) is 36.0. The Bertz CT molecular complexity index is 1190. The molecule has 0 fully saturated rings. The number of benzene rings is 4. The van der Waals surface area contributed by atoms with Gasteiger partial charge < -0.3 is 9.47 Å². The van der Waals surface area contributed by atoms with E-state index in [1.807, 2.05) is 36.4 Å². The zero-order chi connectivity index (χ0) is 23.2. The zero-order valence-corrected chi connectivity index (χ0v) is 19.7. The topological polar surface area (TPSA) is 21.7 Å². The molecule has 0 saturated heterocycles. The van der Waals surface area contributed by atoms with E-state index in [0.29, 0.717) is 19.3 Å². The standard InChI is InChI=1S/C31H31NO2/c1-24-29-20-31(34-23-27-15-9-4-10-16-27)30(33-22-26-13-7-3-8-14-26)19-28(29)17-18-32(24)21-25-11-5-2-6-12-25/h2-16,19-20,24H,17-18,21-23H2,1H3. The minimum atomic E-state index is 0.311. The van der Waals surface area contributed by atoms with Crippen molar-refractivity contribution in [2.75, 3.05) is 6.54 Å². The number of fused-ring (bicyclic) bond motifs is 1. The lowest BCUT2D eigenvalue weighted by atomic mass is 9.92. The minimum Gasteiger partial charge on any atom is -0.485 e. The van der Waals surface area contributed by atoms with Crippen LogP contribution >= 0.6 is 0 Å². The summed E-state index contributed by atoms with van der Waals surface area (Å²) >= 11 is 0. The summed E-state index contributed by atoms with van der Waals surface area (Å²) in [5.74, 6) is 1.63. The van der Waals surface area contributed by atoms with Crippen LogP contribution in [0.1, 0.15) is 40.8 Å². The van der Waals surface area contributed by atoms with Crippen molar-refractivity contribution in [3.05, 3.63) is 131 Å². The largest absolute Gasteiger partial charge is 0.485 e. The van der Waals surface area contributed by atoms with Gasteiger partial charge in [0.2, 0.25) is 0 Å². The normalized spacial score (nSPS) is 15.5. The van der Waals surface area contributed by atoms with Crippen molar-refractivity contribution in [2.24, 2.45) is 0 Å². The predicted octanol–water partition coefficient (Wildman–Crippen LogP) is 6.96. The van der Waals surface area contributed by atoms with Crippen molar-refractivity contribution < 1.29 is 9.47 Å². The maximum atomic E-state index is 6.34. The minimum absolute atomic E-state index is 0.311. The maximum Gasteiger partial charge on any atom is 0.162 e.